The van der Waals surface area contributed by atoms with E-state index in [2.05, 4.69) is 10.1 Å². The topological polar surface area (TPSA) is 86.5 Å². The Kier molecular flexibility index (Phi) is 7.08. The van der Waals surface area contributed by atoms with Gasteiger partial charge in [-0.05, 0) is 42.8 Å². The van der Waals surface area contributed by atoms with E-state index in [1.807, 2.05) is 18.2 Å². The standard InChI is InChI=1S/C25H21ClFN3O4/c1-2-33-24-22(27)23(16-5-7-17(8-6-16)25(31)32)29-30(24)12-13-34-21-10-9-18(14-20(21)26)19-4-3-11-28-15-19/h3-11,14-15H,2,12-13H2,1H3,(H,31,32). The van der Waals surface area contributed by atoms with Crippen molar-refractivity contribution in [2.24, 2.45) is 0 Å². The number of ether oxygens (including phenoxy) is 2. The van der Waals surface area contributed by atoms with Gasteiger partial charge in [0.15, 0.2) is 0 Å². The Bertz CT molecular complexity index is 1290. The molecule has 0 aliphatic heterocycles. The Morgan fingerprint density at radius 1 is 1.09 bits per heavy atom. The molecule has 9 heteroatoms. The van der Waals surface area contributed by atoms with Crippen molar-refractivity contribution in [2.75, 3.05) is 13.2 Å². The highest BCUT2D eigenvalue weighted by molar-refractivity contribution is 6.32. The van der Waals surface area contributed by atoms with Crippen LogP contribution in [-0.4, -0.2) is 39.1 Å². The van der Waals surface area contributed by atoms with Gasteiger partial charge in [0.1, 0.15) is 18.1 Å². The Labute approximate surface area is 200 Å². The first kappa shape index (κ1) is 23.3. The summed E-state index contributed by atoms with van der Waals surface area (Å²) in [7, 11) is 0. The van der Waals surface area contributed by atoms with Crippen molar-refractivity contribution in [1.29, 1.82) is 0 Å². The Morgan fingerprint density at radius 2 is 1.85 bits per heavy atom. The summed E-state index contributed by atoms with van der Waals surface area (Å²) in [5.41, 5.74) is 2.47. The molecule has 2 heterocycles. The molecule has 34 heavy (non-hydrogen) atoms. The van der Waals surface area contributed by atoms with E-state index in [-0.39, 0.29) is 36.9 Å². The van der Waals surface area contributed by atoms with Crippen molar-refractivity contribution < 1.29 is 23.8 Å². The van der Waals surface area contributed by atoms with Crippen LogP contribution in [0.5, 0.6) is 11.6 Å². The molecule has 0 unspecified atom stereocenters. The number of hydrogen-bond donors (Lipinski definition) is 1. The summed E-state index contributed by atoms with van der Waals surface area (Å²) in [5.74, 6) is -1.20. The lowest BCUT2D eigenvalue weighted by Crippen LogP contribution is -2.12. The molecule has 0 radical (unpaired) electrons. The van der Waals surface area contributed by atoms with Crippen molar-refractivity contribution in [1.82, 2.24) is 14.8 Å². The van der Waals surface area contributed by atoms with Gasteiger partial charge in [-0.25, -0.2) is 9.48 Å². The lowest BCUT2D eigenvalue weighted by molar-refractivity contribution is 0.0697. The highest BCUT2D eigenvalue weighted by Gasteiger charge is 2.21. The molecule has 0 amide bonds. The number of pyridine rings is 1. The van der Waals surface area contributed by atoms with Crippen LogP contribution in [0.3, 0.4) is 0 Å². The number of rotatable bonds is 9. The van der Waals surface area contributed by atoms with Gasteiger partial charge in [-0.3, -0.25) is 4.98 Å². The molecule has 0 bridgehead atoms. The van der Waals surface area contributed by atoms with Crippen molar-refractivity contribution in [3.8, 4) is 34.0 Å². The summed E-state index contributed by atoms with van der Waals surface area (Å²) < 4.78 is 27.7. The summed E-state index contributed by atoms with van der Waals surface area (Å²) in [6.45, 7) is 2.38. The maximum atomic E-state index is 15.1. The molecule has 7 nitrogen and oxygen atoms in total. The molecule has 0 aliphatic carbocycles. The first-order valence-electron chi connectivity index (χ1n) is 10.5. The average Bonchev–Trinajstić information content (AvgIpc) is 3.16. The van der Waals surface area contributed by atoms with Crippen LogP contribution in [0.4, 0.5) is 4.39 Å². The summed E-state index contributed by atoms with van der Waals surface area (Å²) in [4.78, 5) is 15.2. The normalized spacial score (nSPS) is 10.8. The minimum atomic E-state index is -1.06. The van der Waals surface area contributed by atoms with E-state index in [0.717, 1.165) is 11.1 Å². The number of benzene rings is 2. The molecule has 0 fully saturated rings. The fraction of sp³-hybridized carbons (Fsp3) is 0.160. The van der Waals surface area contributed by atoms with E-state index >= 15 is 4.39 Å². The molecule has 1 N–H and O–H groups in total. The highest BCUT2D eigenvalue weighted by Crippen LogP contribution is 2.31. The van der Waals surface area contributed by atoms with Crippen molar-refractivity contribution in [2.45, 2.75) is 13.5 Å². The number of halogens is 2. The predicted octanol–water partition coefficient (Wildman–Crippen LogP) is 5.58. The van der Waals surface area contributed by atoms with Gasteiger partial charge in [0.2, 0.25) is 11.7 Å². The largest absolute Gasteiger partial charge is 0.490 e. The molecule has 0 saturated heterocycles. The van der Waals surface area contributed by atoms with Crippen LogP contribution >= 0.6 is 11.6 Å². The van der Waals surface area contributed by atoms with Gasteiger partial charge in [-0.15, -0.1) is 0 Å². The lowest BCUT2D eigenvalue weighted by Gasteiger charge is -2.11. The van der Waals surface area contributed by atoms with Crippen LogP contribution in [-0.2, 0) is 6.54 Å². The van der Waals surface area contributed by atoms with Crippen LogP contribution in [0.1, 0.15) is 17.3 Å². The quantitative estimate of drug-likeness (QED) is 0.336. The Morgan fingerprint density at radius 3 is 2.50 bits per heavy atom. The first-order valence-corrected chi connectivity index (χ1v) is 10.9. The second-order valence-corrected chi connectivity index (χ2v) is 7.65. The van der Waals surface area contributed by atoms with E-state index in [1.165, 1.54) is 28.9 Å². The van der Waals surface area contributed by atoms with E-state index in [4.69, 9.17) is 26.2 Å². The molecule has 4 rings (SSSR count). The van der Waals surface area contributed by atoms with Gasteiger partial charge in [0.25, 0.3) is 0 Å². The van der Waals surface area contributed by atoms with Gasteiger partial charge >= 0.3 is 5.97 Å². The molecular weight excluding hydrogens is 461 g/mol. The second kappa shape index (κ2) is 10.4. The molecule has 2 aromatic heterocycles. The van der Waals surface area contributed by atoms with Gasteiger partial charge < -0.3 is 14.6 Å². The number of nitrogens with zero attached hydrogens (tertiary/aromatic N) is 3. The average molecular weight is 482 g/mol. The van der Waals surface area contributed by atoms with Crippen LogP contribution in [0, 0.1) is 5.82 Å². The third kappa shape index (κ3) is 5.02. The zero-order valence-electron chi connectivity index (χ0n) is 18.2. The lowest BCUT2D eigenvalue weighted by atomic mass is 10.1. The van der Waals surface area contributed by atoms with Gasteiger partial charge in [0.05, 0.1) is 23.7 Å². The van der Waals surface area contributed by atoms with E-state index in [9.17, 15) is 4.79 Å². The third-order valence-electron chi connectivity index (χ3n) is 5.02. The number of aromatic carboxylic acids is 1. The third-order valence-corrected chi connectivity index (χ3v) is 5.32. The molecule has 4 aromatic rings. The summed E-state index contributed by atoms with van der Waals surface area (Å²) in [6, 6.07) is 15.1. The Balaban J connectivity index is 1.49. The number of carbonyl (C=O) groups is 1. The fourth-order valence-corrected chi connectivity index (χ4v) is 3.61. The van der Waals surface area contributed by atoms with Crippen LogP contribution in [0.15, 0.2) is 67.0 Å². The summed E-state index contributed by atoms with van der Waals surface area (Å²) in [5, 5.41) is 13.8. The van der Waals surface area contributed by atoms with Gasteiger partial charge in [-0.2, -0.15) is 9.49 Å². The zero-order valence-corrected chi connectivity index (χ0v) is 19.0. The molecule has 0 aliphatic rings. The molecule has 0 saturated carbocycles. The molecule has 174 valence electrons. The molecule has 0 spiro atoms. The summed E-state index contributed by atoms with van der Waals surface area (Å²) >= 11 is 6.39. The molecule has 0 atom stereocenters. The van der Waals surface area contributed by atoms with Crippen LogP contribution in [0.25, 0.3) is 22.4 Å². The van der Waals surface area contributed by atoms with Crippen molar-refractivity contribution in [3.63, 3.8) is 0 Å². The van der Waals surface area contributed by atoms with E-state index < -0.39 is 11.8 Å². The van der Waals surface area contributed by atoms with Gasteiger partial charge in [0, 0.05) is 23.5 Å². The minimum Gasteiger partial charge on any atom is -0.490 e. The molecule has 2 aromatic carbocycles. The minimum absolute atomic E-state index is 0.0126. The Hall–Kier alpha value is -3.91. The van der Waals surface area contributed by atoms with Crippen LogP contribution in [0.2, 0.25) is 5.02 Å². The smallest absolute Gasteiger partial charge is 0.335 e. The van der Waals surface area contributed by atoms with Crippen LogP contribution < -0.4 is 9.47 Å². The number of aromatic nitrogens is 3. The van der Waals surface area contributed by atoms with E-state index in [1.54, 1.807) is 31.5 Å². The monoisotopic (exact) mass is 481 g/mol. The fourth-order valence-electron chi connectivity index (χ4n) is 3.38. The van der Waals surface area contributed by atoms with Crippen molar-refractivity contribution in [3.05, 3.63) is 83.4 Å². The zero-order chi connectivity index (χ0) is 24.1. The maximum Gasteiger partial charge on any atom is 0.335 e. The van der Waals surface area contributed by atoms with E-state index in [0.29, 0.717) is 16.3 Å². The predicted molar refractivity (Wildman–Crippen MR) is 126 cm³/mol. The number of hydrogen-bond acceptors (Lipinski definition) is 5. The summed E-state index contributed by atoms with van der Waals surface area (Å²) in [6.07, 6.45) is 3.45. The maximum absolute atomic E-state index is 15.1. The second-order valence-electron chi connectivity index (χ2n) is 7.24. The number of carboxylic acid groups (broad SMARTS) is 1. The highest BCUT2D eigenvalue weighted by atomic mass is 35.5. The SMILES string of the molecule is CCOc1c(F)c(-c2ccc(C(=O)O)cc2)nn1CCOc1ccc(-c2cccnc2)cc1Cl. The number of carboxylic acids is 1. The first-order chi connectivity index (χ1) is 16.5. The van der Waals surface area contributed by atoms with Gasteiger partial charge in [-0.1, -0.05) is 35.9 Å². The van der Waals surface area contributed by atoms with Crippen molar-refractivity contribution >= 4 is 17.6 Å². The molecular formula is C25H21ClFN3O4.